The van der Waals surface area contributed by atoms with Gasteiger partial charge < -0.3 is 33.2 Å². The van der Waals surface area contributed by atoms with Crippen LogP contribution in [0.25, 0.3) is 0 Å². The van der Waals surface area contributed by atoms with Crippen LogP contribution < -0.4 is 33.2 Å². The van der Waals surface area contributed by atoms with Crippen molar-refractivity contribution in [3.8, 4) is 41.0 Å². The predicted molar refractivity (Wildman–Crippen MR) is 273 cm³/mol. The summed E-state index contributed by atoms with van der Waals surface area (Å²) in [4.78, 5) is 31.5. The first kappa shape index (κ1) is 60.5. The molecule has 0 amide bonds. The second kappa shape index (κ2) is 38.4. The zero-order chi connectivity index (χ0) is 51.8. The quantitative estimate of drug-likeness (QED) is 0.0997. The van der Waals surface area contributed by atoms with E-state index in [1.54, 1.807) is 86.5 Å². The van der Waals surface area contributed by atoms with E-state index >= 15 is 0 Å². The molecule has 17 heteroatoms. The van der Waals surface area contributed by atoms with Crippen LogP contribution in [0, 0.1) is 0 Å². The highest BCUT2D eigenvalue weighted by Gasteiger charge is 1.99. The van der Waals surface area contributed by atoms with E-state index < -0.39 is 0 Å². The summed E-state index contributed by atoms with van der Waals surface area (Å²) in [5.41, 5.74) is 0. The molecule has 0 spiro atoms. The highest BCUT2D eigenvalue weighted by atomic mass is 16.5. The second-order valence-corrected chi connectivity index (χ2v) is 16.0. The Labute approximate surface area is 415 Å². The van der Waals surface area contributed by atoms with Crippen LogP contribution in [0.2, 0.25) is 0 Å². The first-order valence-corrected chi connectivity index (χ1v) is 23.1. The largest absolute Gasteiger partial charge is 0.489 e. The molecule has 0 saturated carbocycles. The van der Waals surface area contributed by atoms with Crippen LogP contribution in [0.3, 0.4) is 0 Å². The molecule has 0 aliphatic carbocycles. The standard InChI is InChI=1S/4C8H11NO.3C7H10N2O/c1-7(2)10-8-4-3-5-9-6-8;3*1-7(2)10-8-5-3-4-6-9-8;1-6(2)10-7-5-8-3-4-9-7;1-6(2)10-7-3-4-8-9-5-7;1-6(2)10-7-8-4-3-5-9-7/h4*3-7H,1-2H3;3*3-6H,1-2H3. The summed E-state index contributed by atoms with van der Waals surface area (Å²) in [6.45, 7) is 27.6. The van der Waals surface area contributed by atoms with Crippen LogP contribution >= 0.6 is 0 Å². The van der Waals surface area contributed by atoms with Crippen molar-refractivity contribution in [2.75, 3.05) is 0 Å². The van der Waals surface area contributed by atoms with Gasteiger partial charge in [-0.1, -0.05) is 18.2 Å². The fraction of sp³-hybridized carbons (Fsp3) is 0.396. The lowest BCUT2D eigenvalue weighted by molar-refractivity contribution is 0.222. The molecule has 378 valence electrons. The van der Waals surface area contributed by atoms with E-state index in [1.165, 1.54) is 0 Å². The Morgan fingerprint density at radius 1 is 0.271 bits per heavy atom. The minimum Gasteiger partial charge on any atom is -0.489 e. The molecular weight excluding hydrogens is 889 g/mol. The highest BCUT2D eigenvalue weighted by Crippen LogP contribution is 2.10. The lowest BCUT2D eigenvalue weighted by Gasteiger charge is -2.07. The van der Waals surface area contributed by atoms with Crippen LogP contribution in [0.5, 0.6) is 41.0 Å². The van der Waals surface area contributed by atoms with Crippen LogP contribution in [0.15, 0.2) is 153 Å². The average Bonchev–Trinajstić information content (AvgIpc) is 3.31. The molecule has 0 atom stereocenters. The third kappa shape index (κ3) is 36.5. The molecule has 0 radical (unpaired) electrons. The summed E-state index contributed by atoms with van der Waals surface area (Å²) in [5.74, 6) is 4.26. The Morgan fingerprint density at radius 2 is 0.671 bits per heavy atom. The molecule has 0 saturated heterocycles. The van der Waals surface area contributed by atoms with E-state index in [2.05, 4.69) is 50.1 Å². The van der Waals surface area contributed by atoms with Gasteiger partial charge in [0.05, 0.1) is 67.5 Å². The number of aromatic nitrogens is 10. The van der Waals surface area contributed by atoms with Crippen molar-refractivity contribution in [3.63, 3.8) is 0 Å². The number of pyridine rings is 4. The van der Waals surface area contributed by atoms with Crippen molar-refractivity contribution in [2.24, 2.45) is 0 Å². The molecule has 0 aliphatic heterocycles. The summed E-state index contributed by atoms with van der Waals surface area (Å²) in [5, 5.41) is 7.29. The molecule has 0 aromatic carbocycles. The van der Waals surface area contributed by atoms with E-state index in [0.717, 1.165) is 11.5 Å². The van der Waals surface area contributed by atoms with Crippen LogP contribution in [-0.2, 0) is 0 Å². The van der Waals surface area contributed by atoms with E-state index in [1.807, 2.05) is 164 Å². The summed E-state index contributed by atoms with van der Waals surface area (Å²) in [7, 11) is 0. The van der Waals surface area contributed by atoms with Crippen LogP contribution in [0.1, 0.15) is 96.9 Å². The molecule has 0 aliphatic rings. The first-order chi connectivity index (χ1) is 33.5. The Morgan fingerprint density at radius 3 is 1.01 bits per heavy atom. The normalized spacial score (nSPS) is 9.90. The highest BCUT2D eigenvalue weighted by molar-refractivity contribution is 5.16. The predicted octanol–water partition coefficient (Wildman–Crippen LogP) is 11.3. The zero-order valence-corrected chi connectivity index (χ0v) is 43.3. The lowest BCUT2D eigenvalue weighted by Crippen LogP contribution is -2.07. The first-order valence-electron chi connectivity index (χ1n) is 23.1. The molecule has 0 bridgehead atoms. The van der Waals surface area contributed by atoms with Gasteiger partial charge in [-0.25, -0.2) is 29.9 Å². The monoisotopic (exact) mass is 963 g/mol. The van der Waals surface area contributed by atoms with Gasteiger partial charge in [0.1, 0.15) is 11.5 Å². The number of rotatable bonds is 14. The molecule has 70 heavy (non-hydrogen) atoms. The third-order valence-electron chi connectivity index (χ3n) is 6.70. The van der Waals surface area contributed by atoms with Crippen LogP contribution in [0.4, 0.5) is 0 Å². The summed E-state index contributed by atoms with van der Waals surface area (Å²) in [6, 6.07) is 24.6. The van der Waals surface area contributed by atoms with Gasteiger partial charge in [-0.3, -0.25) is 9.97 Å². The Balaban J connectivity index is 0.000000408. The molecule has 0 unspecified atom stereocenters. The Hall–Kier alpha value is -7.56. The minimum absolute atomic E-state index is 0.141. The fourth-order valence-electron chi connectivity index (χ4n) is 4.43. The van der Waals surface area contributed by atoms with Crippen molar-refractivity contribution >= 4 is 0 Å². The van der Waals surface area contributed by atoms with Crippen molar-refractivity contribution < 1.29 is 33.2 Å². The number of hydrogen-bond acceptors (Lipinski definition) is 17. The van der Waals surface area contributed by atoms with E-state index in [0.29, 0.717) is 29.5 Å². The van der Waals surface area contributed by atoms with Gasteiger partial charge in [0.2, 0.25) is 23.5 Å². The van der Waals surface area contributed by atoms with Gasteiger partial charge in [0.25, 0.3) is 0 Å². The number of hydrogen-bond donors (Lipinski definition) is 0. The van der Waals surface area contributed by atoms with Gasteiger partial charge in [-0.15, -0.1) is 0 Å². The summed E-state index contributed by atoms with van der Waals surface area (Å²) in [6.07, 6.45) is 21.3. The summed E-state index contributed by atoms with van der Waals surface area (Å²) < 4.78 is 37.0. The van der Waals surface area contributed by atoms with Crippen molar-refractivity contribution in [1.29, 1.82) is 0 Å². The van der Waals surface area contributed by atoms with Gasteiger partial charge in [-0.05, 0) is 133 Å². The van der Waals surface area contributed by atoms with E-state index in [4.69, 9.17) is 33.2 Å². The van der Waals surface area contributed by atoms with Gasteiger partial charge >= 0.3 is 6.01 Å². The molecule has 7 rings (SSSR count). The average molecular weight is 963 g/mol. The lowest BCUT2D eigenvalue weighted by atomic mass is 10.4. The van der Waals surface area contributed by atoms with Crippen molar-refractivity contribution in [2.45, 2.75) is 140 Å². The minimum atomic E-state index is 0.141. The second-order valence-electron chi connectivity index (χ2n) is 16.0. The number of nitrogens with zero attached hydrogens (tertiary/aromatic N) is 10. The SMILES string of the molecule is CC(C)Oc1ccccn1.CC(C)Oc1ccccn1.CC(C)Oc1ccccn1.CC(C)Oc1cccnc1.CC(C)Oc1ccnnc1.CC(C)Oc1cnccn1.CC(C)Oc1ncccn1. The fourth-order valence-corrected chi connectivity index (χ4v) is 4.43. The maximum Gasteiger partial charge on any atom is 0.316 e. The zero-order valence-electron chi connectivity index (χ0n) is 43.3. The smallest absolute Gasteiger partial charge is 0.316 e. The van der Waals surface area contributed by atoms with Gasteiger partial charge in [0, 0.05) is 73.8 Å². The van der Waals surface area contributed by atoms with Gasteiger partial charge in [-0.2, -0.15) is 10.2 Å². The molecule has 7 aromatic rings. The van der Waals surface area contributed by atoms with Crippen molar-refractivity contribution in [3.05, 3.63) is 153 Å². The van der Waals surface area contributed by atoms with Crippen molar-refractivity contribution in [1.82, 2.24) is 50.1 Å². The molecule has 0 N–H and O–H groups in total. The Bertz CT molecular complexity index is 1740. The molecule has 0 fully saturated rings. The number of ether oxygens (including phenoxy) is 7. The molecule has 7 heterocycles. The van der Waals surface area contributed by atoms with Gasteiger partial charge in [0.15, 0.2) is 0 Å². The van der Waals surface area contributed by atoms with E-state index in [-0.39, 0.29) is 42.7 Å². The summed E-state index contributed by atoms with van der Waals surface area (Å²) >= 11 is 0. The molecular formula is C53H74N10O7. The Kier molecular flexibility index (Phi) is 33.2. The molecule has 7 aromatic heterocycles. The maximum atomic E-state index is 5.35. The molecule has 17 nitrogen and oxygen atoms in total. The van der Waals surface area contributed by atoms with E-state index in [9.17, 15) is 0 Å². The maximum absolute atomic E-state index is 5.35. The van der Waals surface area contributed by atoms with Crippen LogP contribution in [-0.4, -0.2) is 92.8 Å². The topological polar surface area (TPSA) is 194 Å². The third-order valence-corrected chi connectivity index (χ3v) is 6.70.